The highest BCUT2D eigenvalue weighted by Crippen LogP contribution is 2.42. The van der Waals surface area contributed by atoms with Crippen LogP contribution in [0.15, 0.2) is 35.9 Å². The molecule has 1 aliphatic rings. The lowest BCUT2D eigenvalue weighted by atomic mass is 9.94. The molecule has 1 amide bonds. The normalized spacial score (nSPS) is 13.0. The molecule has 7 heteroatoms. The second-order valence-corrected chi connectivity index (χ2v) is 7.90. The summed E-state index contributed by atoms with van der Waals surface area (Å²) in [5, 5.41) is 13.5. The summed E-state index contributed by atoms with van der Waals surface area (Å²) in [6.07, 6.45) is 3.73. The Morgan fingerprint density at radius 2 is 2.12 bits per heavy atom. The Morgan fingerprint density at radius 1 is 1.34 bits per heavy atom. The van der Waals surface area contributed by atoms with Gasteiger partial charge in [-0.15, -0.1) is 0 Å². The molecule has 0 aromatic heterocycles. The molecular weight excluding hydrogens is 413 g/mol. The van der Waals surface area contributed by atoms with E-state index < -0.39 is 5.97 Å². The van der Waals surface area contributed by atoms with E-state index in [9.17, 15) is 19.1 Å². The van der Waals surface area contributed by atoms with Gasteiger partial charge in [0.25, 0.3) is 0 Å². The number of hydrogen-bond acceptors (Lipinski definition) is 5. The molecule has 0 atom stereocenters. The number of phenolic OH excluding ortho intramolecular Hbond substituents is 1. The number of esters is 1. The number of rotatable bonds is 9. The number of benzene rings is 2. The molecule has 1 heterocycles. The van der Waals surface area contributed by atoms with E-state index in [1.807, 2.05) is 26.0 Å². The molecule has 0 radical (unpaired) electrons. The fraction of sp³-hybridized carbons (Fsp3) is 0.360. The SMILES string of the molecule is COc1c(C)c2c(c(O)c1C/C=C(\C)CCC(=O)NCCc1cccc(F)c1)C(=O)OC2. The molecule has 2 aromatic carbocycles. The van der Waals surface area contributed by atoms with Crippen LogP contribution >= 0.6 is 0 Å². The van der Waals surface area contributed by atoms with E-state index in [0.717, 1.165) is 16.7 Å². The third kappa shape index (κ3) is 5.28. The predicted molar refractivity (Wildman–Crippen MR) is 118 cm³/mol. The highest BCUT2D eigenvalue weighted by atomic mass is 19.1. The van der Waals surface area contributed by atoms with Crippen LogP contribution in [0.4, 0.5) is 4.39 Å². The van der Waals surface area contributed by atoms with Crippen molar-refractivity contribution in [3.8, 4) is 11.5 Å². The van der Waals surface area contributed by atoms with Gasteiger partial charge in [0, 0.05) is 24.1 Å². The summed E-state index contributed by atoms with van der Waals surface area (Å²) in [6, 6.07) is 6.33. The maximum atomic E-state index is 13.2. The maximum absolute atomic E-state index is 13.2. The molecule has 32 heavy (non-hydrogen) atoms. The van der Waals surface area contributed by atoms with Gasteiger partial charge in [-0.3, -0.25) is 4.79 Å². The largest absolute Gasteiger partial charge is 0.507 e. The van der Waals surface area contributed by atoms with Gasteiger partial charge >= 0.3 is 5.97 Å². The molecular formula is C25H28FNO5. The summed E-state index contributed by atoms with van der Waals surface area (Å²) in [7, 11) is 1.53. The summed E-state index contributed by atoms with van der Waals surface area (Å²) in [5.74, 6) is -0.457. The van der Waals surface area contributed by atoms with Gasteiger partial charge in [0.2, 0.25) is 5.91 Å². The Bertz CT molecular complexity index is 1060. The van der Waals surface area contributed by atoms with Crippen LogP contribution in [-0.2, 0) is 29.0 Å². The highest BCUT2D eigenvalue weighted by molar-refractivity contribution is 5.98. The van der Waals surface area contributed by atoms with Gasteiger partial charge in [0.1, 0.15) is 29.5 Å². The van der Waals surface area contributed by atoms with Crippen molar-refractivity contribution < 1.29 is 28.6 Å². The number of methoxy groups -OCH3 is 1. The lowest BCUT2D eigenvalue weighted by molar-refractivity contribution is -0.121. The first-order valence-corrected chi connectivity index (χ1v) is 10.6. The van der Waals surface area contributed by atoms with Crippen molar-refractivity contribution in [3.05, 3.63) is 69.5 Å². The molecule has 0 aliphatic carbocycles. The number of cyclic esters (lactones) is 1. The van der Waals surface area contributed by atoms with Crippen LogP contribution in [0.3, 0.4) is 0 Å². The number of amides is 1. The maximum Gasteiger partial charge on any atom is 0.342 e. The fourth-order valence-electron chi connectivity index (χ4n) is 3.84. The van der Waals surface area contributed by atoms with Crippen LogP contribution in [0.25, 0.3) is 0 Å². The second kappa shape index (κ2) is 10.3. The van der Waals surface area contributed by atoms with Gasteiger partial charge in [0.15, 0.2) is 0 Å². The van der Waals surface area contributed by atoms with Gasteiger partial charge in [-0.05, 0) is 56.4 Å². The average molecular weight is 441 g/mol. The van der Waals surface area contributed by atoms with Crippen molar-refractivity contribution >= 4 is 11.9 Å². The summed E-state index contributed by atoms with van der Waals surface area (Å²) >= 11 is 0. The predicted octanol–water partition coefficient (Wildman–Crippen LogP) is 4.15. The number of carbonyl (C=O) groups excluding carboxylic acids is 2. The Hall–Kier alpha value is -3.35. The van der Waals surface area contributed by atoms with Gasteiger partial charge in [-0.25, -0.2) is 9.18 Å². The number of halogens is 1. The van der Waals surface area contributed by atoms with Crippen molar-refractivity contribution in [2.45, 2.75) is 46.1 Å². The Kier molecular flexibility index (Phi) is 7.51. The first kappa shape index (κ1) is 23.3. The molecule has 170 valence electrons. The first-order valence-electron chi connectivity index (χ1n) is 10.6. The van der Waals surface area contributed by atoms with Crippen molar-refractivity contribution in [1.82, 2.24) is 5.32 Å². The lowest BCUT2D eigenvalue weighted by Crippen LogP contribution is -2.25. The van der Waals surface area contributed by atoms with E-state index in [1.165, 1.54) is 19.2 Å². The number of allylic oxidation sites excluding steroid dienone is 2. The zero-order chi connectivity index (χ0) is 23.3. The minimum Gasteiger partial charge on any atom is -0.507 e. The zero-order valence-corrected chi connectivity index (χ0v) is 18.6. The Balaban J connectivity index is 1.56. The molecule has 3 rings (SSSR count). The Morgan fingerprint density at radius 3 is 2.84 bits per heavy atom. The third-order valence-electron chi connectivity index (χ3n) is 5.67. The minimum atomic E-state index is -0.528. The number of fused-ring (bicyclic) bond motifs is 1. The number of phenols is 1. The fourth-order valence-corrected chi connectivity index (χ4v) is 3.84. The third-order valence-corrected chi connectivity index (χ3v) is 5.67. The molecule has 0 saturated heterocycles. The number of hydrogen-bond donors (Lipinski definition) is 2. The smallest absolute Gasteiger partial charge is 0.342 e. The number of nitrogens with one attached hydrogen (secondary N) is 1. The molecule has 0 bridgehead atoms. The van der Waals surface area contributed by atoms with Crippen LogP contribution in [0, 0.1) is 12.7 Å². The first-order chi connectivity index (χ1) is 15.3. The molecule has 6 nitrogen and oxygen atoms in total. The molecule has 0 unspecified atom stereocenters. The molecule has 1 aliphatic heterocycles. The number of carbonyl (C=O) groups is 2. The number of ether oxygens (including phenoxy) is 2. The second-order valence-electron chi connectivity index (χ2n) is 7.90. The molecule has 0 spiro atoms. The molecule has 0 fully saturated rings. The summed E-state index contributed by atoms with van der Waals surface area (Å²) in [6.45, 7) is 4.33. The lowest BCUT2D eigenvalue weighted by Gasteiger charge is -2.15. The average Bonchev–Trinajstić information content (AvgIpc) is 3.15. The quantitative estimate of drug-likeness (QED) is 0.451. The van der Waals surface area contributed by atoms with Gasteiger partial charge in [0.05, 0.1) is 7.11 Å². The van der Waals surface area contributed by atoms with E-state index >= 15 is 0 Å². The summed E-state index contributed by atoms with van der Waals surface area (Å²) < 4.78 is 23.8. The van der Waals surface area contributed by atoms with E-state index in [4.69, 9.17) is 9.47 Å². The topological polar surface area (TPSA) is 84.9 Å². The molecule has 2 N–H and O–H groups in total. The summed E-state index contributed by atoms with van der Waals surface area (Å²) in [5.41, 5.74) is 3.99. The van der Waals surface area contributed by atoms with Crippen LogP contribution in [-0.4, -0.2) is 30.6 Å². The minimum absolute atomic E-state index is 0.0781. The van der Waals surface area contributed by atoms with Crippen LogP contribution in [0.5, 0.6) is 11.5 Å². The van der Waals surface area contributed by atoms with Gasteiger partial charge in [-0.2, -0.15) is 0 Å². The zero-order valence-electron chi connectivity index (χ0n) is 18.6. The number of aromatic hydroxyl groups is 1. The van der Waals surface area contributed by atoms with E-state index in [-0.39, 0.29) is 29.6 Å². The van der Waals surface area contributed by atoms with E-state index in [1.54, 1.807) is 6.07 Å². The van der Waals surface area contributed by atoms with Crippen molar-refractivity contribution in [2.24, 2.45) is 0 Å². The van der Waals surface area contributed by atoms with Crippen molar-refractivity contribution in [2.75, 3.05) is 13.7 Å². The van der Waals surface area contributed by atoms with E-state index in [2.05, 4.69) is 5.32 Å². The monoisotopic (exact) mass is 441 g/mol. The molecule has 2 aromatic rings. The van der Waals surface area contributed by atoms with Gasteiger partial charge in [-0.1, -0.05) is 23.8 Å². The molecule has 0 saturated carbocycles. The van der Waals surface area contributed by atoms with E-state index in [0.29, 0.717) is 49.1 Å². The van der Waals surface area contributed by atoms with Crippen LogP contribution in [0.2, 0.25) is 0 Å². The van der Waals surface area contributed by atoms with Crippen molar-refractivity contribution in [1.29, 1.82) is 0 Å². The highest BCUT2D eigenvalue weighted by Gasteiger charge is 2.31. The standard InChI is InChI=1S/C25H28FNO5/c1-15(8-10-21(28)27-12-11-17-5-4-6-18(26)13-17)7-9-19-23(29)22-20(14-32-25(22)30)16(2)24(19)31-3/h4-7,13,29H,8-12,14H2,1-3H3,(H,27,28)/b15-7+. The Labute approximate surface area is 187 Å². The van der Waals surface area contributed by atoms with Crippen molar-refractivity contribution in [3.63, 3.8) is 0 Å². The van der Waals surface area contributed by atoms with Crippen LogP contribution < -0.4 is 10.1 Å². The van der Waals surface area contributed by atoms with Crippen LogP contribution in [0.1, 0.15) is 52.4 Å². The summed E-state index contributed by atoms with van der Waals surface area (Å²) in [4.78, 5) is 24.1. The van der Waals surface area contributed by atoms with Gasteiger partial charge < -0.3 is 19.9 Å².